The molecule has 13 aromatic rings. The van der Waals surface area contributed by atoms with Crippen molar-refractivity contribution in [2.75, 3.05) is 0 Å². The molecule has 0 saturated carbocycles. The van der Waals surface area contributed by atoms with E-state index in [2.05, 4.69) is 305 Å². The van der Waals surface area contributed by atoms with Crippen LogP contribution < -0.4 is 0 Å². The molecule has 0 unspecified atom stereocenters. The third-order valence-corrected chi connectivity index (χ3v) is 28.5. The molecule has 3 aliphatic carbocycles. The van der Waals surface area contributed by atoms with E-state index in [1.54, 1.807) is 16.7 Å². The zero-order valence-corrected chi connectivity index (χ0v) is 71.7. The number of benzene rings is 10. The molecule has 16 rings (SSSR count). The van der Waals surface area contributed by atoms with Gasteiger partial charge in [0.25, 0.3) is 0 Å². The van der Waals surface area contributed by atoms with Gasteiger partial charge >= 0.3 is 0 Å². The second-order valence-corrected chi connectivity index (χ2v) is 36.2. The van der Waals surface area contributed by atoms with Crippen molar-refractivity contribution in [3.8, 4) is 100 Å². The molecule has 3 aliphatic rings. The molecular weight excluding hydrogens is 1440 g/mol. The number of aromatic nitrogens is 2. The standard InChI is InChI=1S/C111H120N2OS2/c1-7-13-19-31-63-109(64-32-20-14-8-2)101-73-81(79-39-27-25-28-40-79)47-55-93(101)94-56-48-82(74-102(94)109)83-49-57-95-97-59-51-87(77-105(97)110(103(95)75-83,65-33-21-15-9-3)66-34-22-16-10-4)99-71-85(46-54-90-44-38-70-116-90)100(72-84(99)45-53-89-43-37-69-115-89)88-52-60-98-96-58-50-86(92-62-61-91(80-41-29-26-30-42-80)107-108(92)113-114-112-107)76-104(96)111(106(98)78-88,67-35-23-17-11-5)68-36-24-18-12-6/h25-30,37-62,69-78H,7-24,31-36,63-68H2,1-6H3/b53-45+,54-46+. The first-order valence-electron chi connectivity index (χ1n) is 45.1. The van der Waals surface area contributed by atoms with E-state index in [-0.39, 0.29) is 16.2 Å². The molecule has 592 valence electrons. The van der Waals surface area contributed by atoms with Crippen molar-refractivity contribution in [2.45, 2.75) is 250 Å². The van der Waals surface area contributed by atoms with Gasteiger partial charge in [0, 0.05) is 37.1 Å². The molecule has 0 saturated heterocycles. The normalized spacial score (nSPS) is 13.9. The summed E-state index contributed by atoms with van der Waals surface area (Å²) < 4.78 is 5.64. The minimum Gasteiger partial charge on any atom is -0.243 e. The quantitative estimate of drug-likeness (QED) is 0.0359. The van der Waals surface area contributed by atoms with Crippen molar-refractivity contribution in [3.63, 3.8) is 0 Å². The molecule has 0 radical (unpaired) electrons. The predicted molar refractivity (Wildman–Crippen MR) is 502 cm³/mol. The maximum Gasteiger partial charge on any atom is 0.143 e. The van der Waals surface area contributed by atoms with Gasteiger partial charge in [0.15, 0.2) is 0 Å². The molecule has 3 nitrogen and oxygen atoms in total. The van der Waals surface area contributed by atoms with Crippen molar-refractivity contribution >= 4 is 58.0 Å². The van der Waals surface area contributed by atoms with Gasteiger partial charge < -0.3 is 0 Å². The van der Waals surface area contributed by atoms with Gasteiger partial charge in [0.05, 0.1) is 0 Å². The fraction of sp³-hybridized carbons (Fsp3) is 0.351. The average Bonchev–Trinajstić information content (AvgIpc) is 1.56. The summed E-state index contributed by atoms with van der Waals surface area (Å²) in [4.78, 5) is 2.51. The number of nitrogens with zero attached hydrogens (tertiary/aromatic N) is 2. The monoisotopic (exact) mass is 1560 g/mol. The second-order valence-electron chi connectivity index (χ2n) is 34.3. The van der Waals surface area contributed by atoms with E-state index in [1.807, 2.05) is 22.7 Å². The fourth-order valence-corrected chi connectivity index (χ4v) is 22.0. The highest BCUT2D eigenvalue weighted by Crippen LogP contribution is 2.61. The first-order chi connectivity index (χ1) is 57.2. The topological polar surface area (TPSA) is 38.9 Å². The number of hydrogen-bond acceptors (Lipinski definition) is 5. The lowest BCUT2D eigenvalue weighted by atomic mass is 9.69. The number of thiophene rings is 2. The van der Waals surface area contributed by atoms with Gasteiger partial charge in [-0.3, -0.25) is 0 Å². The Morgan fingerprint density at radius 1 is 0.241 bits per heavy atom. The van der Waals surface area contributed by atoms with Crippen LogP contribution in [0.3, 0.4) is 0 Å². The van der Waals surface area contributed by atoms with Gasteiger partial charge in [-0.1, -0.05) is 366 Å². The van der Waals surface area contributed by atoms with Crippen molar-refractivity contribution in [1.29, 1.82) is 0 Å². The molecular formula is C111H120N2OS2. The van der Waals surface area contributed by atoms with E-state index < -0.39 is 0 Å². The third kappa shape index (κ3) is 16.4. The minimum absolute atomic E-state index is 0.0512. The first-order valence-corrected chi connectivity index (χ1v) is 46.9. The Balaban J connectivity index is 0.841. The largest absolute Gasteiger partial charge is 0.243 e. The lowest BCUT2D eigenvalue weighted by molar-refractivity contribution is 0.315. The molecule has 0 N–H and O–H groups in total. The minimum atomic E-state index is -0.199. The van der Waals surface area contributed by atoms with Crippen molar-refractivity contribution in [2.24, 2.45) is 0 Å². The molecule has 3 heterocycles. The number of fused-ring (bicyclic) bond motifs is 10. The molecule has 116 heavy (non-hydrogen) atoms. The van der Waals surface area contributed by atoms with Crippen LogP contribution in [0.5, 0.6) is 0 Å². The van der Waals surface area contributed by atoms with Gasteiger partial charge in [0.1, 0.15) is 11.0 Å². The fourth-order valence-electron chi connectivity index (χ4n) is 20.7. The molecule has 0 fully saturated rings. The molecule has 3 aromatic heterocycles. The van der Waals surface area contributed by atoms with Crippen molar-refractivity contribution < 1.29 is 4.63 Å². The molecule has 10 aromatic carbocycles. The lowest BCUT2D eigenvalue weighted by Crippen LogP contribution is -2.26. The van der Waals surface area contributed by atoms with Crippen LogP contribution in [0.2, 0.25) is 0 Å². The Hall–Kier alpha value is -9.52. The van der Waals surface area contributed by atoms with Crippen LogP contribution in [0.1, 0.15) is 288 Å². The average molecular weight is 1560 g/mol. The van der Waals surface area contributed by atoms with E-state index in [0.29, 0.717) is 0 Å². The zero-order valence-electron chi connectivity index (χ0n) is 70.1. The van der Waals surface area contributed by atoms with Crippen LogP contribution >= 0.6 is 22.7 Å². The first kappa shape index (κ1) is 80.3. The Morgan fingerprint density at radius 2 is 0.517 bits per heavy atom. The van der Waals surface area contributed by atoms with E-state index in [1.165, 1.54) is 282 Å². The Morgan fingerprint density at radius 3 is 0.828 bits per heavy atom. The summed E-state index contributed by atoms with van der Waals surface area (Å²) in [6.07, 6.45) is 46.1. The van der Waals surface area contributed by atoms with Crippen molar-refractivity contribution in [3.05, 3.63) is 283 Å². The van der Waals surface area contributed by atoms with E-state index >= 15 is 0 Å². The lowest BCUT2D eigenvalue weighted by Gasteiger charge is -2.34. The Kier molecular flexibility index (Phi) is 25.9. The van der Waals surface area contributed by atoms with Gasteiger partial charge in [0.2, 0.25) is 0 Å². The molecule has 0 atom stereocenters. The number of unbranched alkanes of at least 4 members (excludes halogenated alkanes) is 18. The molecule has 0 amide bonds. The molecule has 5 heteroatoms. The highest BCUT2D eigenvalue weighted by Gasteiger charge is 2.46. The van der Waals surface area contributed by atoms with Crippen LogP contribution in [0.15, 0.2) is 234 Å². The summed E-state index contributed by atoms with van der Waals surface area (Å²) in [7, 11) is 0. The Bertz CT molecular complexity index is 5500. The molecule has 0 bridgehead atoms. The maximum absolute atomic E-state index is 5.64. The van der Waals surface area contributed by atoms with Crippen molar-refractivity contribution in [1.82, 2.24) is 10.3 Å². The maximum atomic E-state index is 5.64. The van der Waals surface area contributed by atoms with Crippen LogP contribution in [-0.2, 0) is 16.2 Å². The van der Waals surface area contributed by atoms with Gasteiger partial charge in [-0.25, -0.2) is 4.63 Å². The highest BCUT2D eigenvalue weighted by molar-refractivity contribution is 7.11. The zero-order chi connectivity index (χ0) is 79.3. The molecule has 0 aliphatic heterocycles. The number of hydrogen-bond donors (Lipinski definition) is 0. The van der Waals surface area contributed by atoms with E-state index in [9.17, 15) is 0 Å². The number of rotatable bonds is 40. The summed E-state index contributed by atoms with van der Waals surface area (Å²) >= 11 is 3.62. The highest BCUT2D eigenvalue weighted by atomic mass is 32.1. The Labute approximate surface area is 701 Å². The van der Waals surface area contributed by atoms with E-state index in [4.69, 9.17) is 4.63 Å². The SMILES string of the molecule is CCCCCCC1(CCCCCC)c2cc(-c3ccccc3)ccc2-c2ccc(-c3ccc4c(c3)C(CCCCCC)(CCCCCC)c3cc(-c5cc(/C=C/c6cccs6)c(-c6ccc7c(c6)C(CCCCCC)(CCCCCC)c6cc(-c8ccc(-c9ccccc9)c9nonc89)ccc6-7)cc5/C=C/c5cccs5)ccc3-4)cc21. The summed E-state index contributed by atoms with van der Waals surface area (Å²) in [5.74, 6) is 0. The van der Waals surface area contributed by atoms with Crippen LogP contribution in [0.25, 0.3) is 135 Å². The summed E-state index contributed by atoms with van der Waals surface area (Å²) in [5.41, 5.74) is 36.1. The van der Waals surface area contributed by atoms with Gasteiger partial charge in [-0.15, -0.1) is 22.7 Å². The van der Waals surface area contributed by atoms with Crippen LogP contribution in [0, 0.1) is 0 Å². The summed E-state index contributed by atoms with van der Waals surface area (Å²) in [6.45, 7) is 14.2. The predicted octanol–water partition coefficient (Wildman–Crippen LogP) is 34.3. The third-order valence-electron chi connectivity index (χ3n) is 26.9. The summed E-state index contributed by atoms with van der Waals surface area (Å²) in [5, 5.41) is 13.7. The van der Waals surface area contributed by atoms with Gasteiger partial charge in [-0.05, 0) is 266 Å². The van der Waals surface area contributed by atoms with Crippen LogP contribution in [-0.4, -0.2) is 10.3 Å². The smallest absolute Gasteiger partial charge is 0.143 e. The van der Waals surface area contributed by atoms with Gasteiger partial charge in [-0.2, -0.15) is 0 Å². The molecule has 0 spiro atoms. The van der Waals surface area contributed by atoms with Crippen LogP contribution in [0.4, 0.5) is 0 Å². The van der Waals surface area contributed by atoms with E-state index in [0.717, 1.165) is 59.0 Å². The second kappa shape index (κ2) is 37.4. The summed E-state index contributed by atoms with van der Waals surface area (Å²) in [6, 6.07) is 86.1.